The van der Waals surface area contributed by atoms with Gasteiger partial charge in [0.05, 0.1) is 6.61 Å². The second-order valence-electron chi connectivity index (χ2n) is 6.77. The summed E-state index contributed by atoms with van der Waals surface area (Å²) < 4.78 is 10.8. The molecule has 0 aliphatic carbocycles. The second-order valence-corrected chi connectivity index (χ2v) is 6.77. The molecule has 7 heteroatoms. The van der Waals surface area contributed by atoms with Crippen molar-refractivity contribution < 1.29 is 14.3 Å². The smallest absolute Gasteiger partial charge is 0.224 e. The standard InChI is InChI=1S/C23H32N4O3/c1-4-7-22(28)26-19-12-10-18(11-13-19)17-25-23(24-2)27-20-8-5-9-21(16-20)30-15-6-14-29-3/h5,8-13,16H,4,6-7,14-15,17H2,1-3H3,(H,26,28)(H2,24,25,27). The number of rotatable bonds is 11. The Hall–Kier alpha value is -3.06. The lowest BCUT2D eigenvalue weighted by Crippen LogP contribution is -2.30. The predicted octanol–water partition coefficient (Wildman–Crippen LogP) is 4.03. The SMILES string of the molecule is CCCC(=O)Nc1ccc(CNC(=NC)Nc2cccc(OCCCOC)c2)cc1. The Kier molecular flexibility index (Phi) is 10.2. The maximum atomic E-state index is 11.7. The molecule has 0 heterocycles. The van der Waals surface area contributed by atoms with Crippen molar-refractivity contribution in [1.82, 2.24) is 5.32 Å². The molecule has 3 N–H and O–H groups in total. The number of carbonyl (C=O) groups excluding carboxylic acids is 1. The zero-order valence-corrected chi connectivity index (χ0v) is 18.0. The highest BCUT2D eigenvalue weighted by atomic mass is 16.5. The van der Waals surface area contributed by atoms with Gasteiger partial charge < -0.3 is 25.4 Å². The Morgan fingerprint density at radius 2 is 1.83 bits per heavy atom. The minimum Gasteiger partial charge on any atom is -0.493 e. The van der Waals surface area contributed by atoms with E-state index in [4.69, 9.17) is 9.47 Å². The van der Waals surface area contributed by atoms with E-state index in [1.807, 2.05) is 55.5 Å². The summed E-state index contributed by atoms with van der Waals surface area (Å²) in [7, 11) is 3.41. The van der Waals surface area contributed by atoms with Crippen LogP contribution in [0.4, 0.5) is 11.4 Å². The molecule has 0 saturated heterocycles. The van der Waals surface area contributed by atoms with Crippen LogP contribution in [0.15, 0.2) is 53.5 Å². The Labute approximate surface area is 178 Å². The van der Waals surface area contributed by atoms with E-state index in [1.165, 1.54) is 0 Å². The van der Waals surface area contributed by atoms with Gasteiger partial charge in [0.2, 0.25) is 5.91 Å². The summed E-state index contributed by atoms with van der Waals surface area (Å²) in [6, 6.07) is 15.5. The van der Waals surface area contributed by atoms with Gasteiger partial charge in [-0.3, -0.25) is 9.79 Å². The average molecular weight is 413 g/mol. The first-order valence-corrected chi connectivity index (χ1v) is 10.2. The zero-order valence-electron chi connectivity index (χ0n) is 18.0. The molecule has 0 radical (unpaired) electrons. The number of guanidine groups is 1. The fourth-order valence-electron chi connectivity index (χ4n) is 2.72. The van der Waals surface area contributed by atoms with Crippen LogP contribution in [0.5, 0.6) is 5.75 Å². The summed E-state index contributed by atoms with van der Waals surface area (Å²) in [4.78, 5) is 15.9. The molecule has 0 spiro atoms. The Balaban J connectivity index is 1.84. The van der Waals surface area contributed by atoms with Crippen LogP contribution in [-0.4, -0.2) is 39.2 Å². The third-order valence-electron chi connectivity index (χ3n) is 4.26. The van der Waals surface area contributed by atoms with Crippen molar-refractivity contribution in [2.45, 2.75) is 32.7 Å². The molecule has 0 bridgehead atoms. The van der Waals surface area contributed by atoms with Crippen molar-refractivity contribution in [1.29, 1.82) is 0 Å². The van der Waals surface area contributed by atoms with E-state index in [0.717, 1.165) is 35.5 Å². The molecule has 2 aromatic rings. The van der Waals surface area contributed by atoms with Gasteiger partial charge >= 0.3 is 0 Å². The molecule has 0 unspecified atom stereocenters. The molecule has 0 aliphatic heterocycles. The van der Waals surface area contributed by atoms with E-state index in [9.17, 15) is 4.79 Å². The van der Waals surface area contributed by atoms with Crippen LogP contribution in [0.3, 0.4) is 0 Å². The Morgan fingerprint density at radius 1 is 1.03 bits per heavy atom. The summed E-state index contributed by atoms with van der Waals surface area (Å²) in [6.45, 7) is 3.89. The molecule has 0 fully saturated rings. The van der Waals surface area contributed by atoms with Crippen LogP contribution in [0, 0.1) is 0 Å². The van der Waals surface area contributed by atoms with Crippen molar-refractivity contribution in [2.24, 2.45) is 4.99 Å². The maximum absolute atomic E-state index is 11.7. The Morgan fingerprint density at radius 3 is 2.53 bits per heavy atom. The largest absolute Gasteiger partial charge is 0.493 e. The van der Waals surface area contributed by atoms with Crippen molar-refractivity contribution in [3.05, 3.63) is 54.1 Å². The summed E-state index contributed by atoms with van der Waals surface area (Å²) in [5, 5.41) is 9.45. The molecular formula is C23H32N4O3. The molecule has 0 atom stereocenters. The lowest BCUT2D eigenvalue weighted by molar-refractivity contribution is -0.116. The van der Waals surface area contributed by atoms with Crippen LogP contribution in [0.25, 0.3) is 0 Å². The molecular weight excluding hydrogens is 380 g/mol. The van der Waals surface area contributed by atoms with E-state index in [1.54, 1.807) is 14.2 Å². The van der Waals surface area contributed by atoms with Crippen molar-refractivity contribution in [2.75, 3.05) is 38.0 Å². The molecule has 0 saturated carbocycles. The first-order chi connectivity index (χ1) is 14.6. The molecule has 2 rings (SSSR count). The molecule has 1 amide bonds. The summed E-state index contributed by atoms with van der Waals surface area (Å²) in [5.41, 5.74) is 2.78. The quantitative estimate of drug-likeness (QED) is 0.295. The zero-order chi connectivity index (χ0) is 21.6. The van der Waals surface area contributed by atoms with E-state index < -0.39 is 0 Å². The fourth-order valence-corrected chi connectivity index (χ4v) is 2.72. The van der Waals surface area contributed by atoms with Crippen LogP contribution >= 0.6 is 0 Å². The monoisotopic (exact) mass is 412 g/mol. The summed E-state index contributed by atoms with van der Waals surface area (Å²) in [5.74, 6) is 1.50. The van der Waals surface area contributed by atoms with Gasteiger partial charge in [-0.15, -0.1) is 0 Å². The van der Waals surface area contributed by atoms with Gasteiger partial charge in [-0.1, -0.05) is 25.1 Å². The van der Waals surface area contributed by atoms with Crippen molar-refractivity contribution in [3.63, 3.8) is 0 Å². The Bertz CT molecular complexity index is 806. The number of methoxy groups -OCH3 is 1. The first-order valence-electron chi connectivity index (χ1n) is 10.2. The number of anilines is 2. The predicted molar refractivity (Wildman–Crippen MR) is 122 cm³/mol. The normalized spacial score (nSPS) is 11.1. The van der Waals surface area contributed by atoms with Crippen LogP contribution in [-0.2, 0) is 16.1 Å². The number of carbonyl (C=O) groups is 1. The number of nitrogens with zero attached hydrogens (tertiary/aromatic N) is 1. The highest BCUT2D eigenvalue weighted by molar-refractivity contribution is 5.93. The number of amides is 1. The summed E-state index contributed by atoms with van der Waals surface area (Å²) >= 11 is 0. The van der Waals surface area contributed by atoms with Crippen LogP contribution < -0.4 is 20.7 Å². The van der Waals surface area contributed by atoms with Crippen LogP contribution in [0.2, 0.25) is 0 Å². The number of aliphatic imine (C=N–C) groups is 1. The van der Waals surface area contributed by atoms with Gasteiger partial charge in [-0.25, -0.2) is 0 Å². The van der Waals surface area contributed by atoms with E-state index in [-0.39, 0.29) is 5.91 Å². The third-order valence-corrected chi connectivity index (χ3v) is 4.26. The molecule has 0 aliphatic rings. The molecule has 7 nitrogen and oxygen atoms in total. The third kappa shape index (κ3) is 8.53. The van der Waals surface area contributed by atoms with E-state index in [0.29, 0.717) is 32.1 Å². The molecule has 162 valence electrons. The van der Waals surface area contributed by atoms with Crippen molar-refractivity contribution in [3.8, 4) is 5.75 Å². The average Bonchev–Trinajstić information content (AvgIpc) is 2.75. The van der Waals surface area contributed by atoms with Gasteiger partial charge in [0, 0.05) is 57.6 Å². The van der Waals surface area contributed by atoms with Gasteiger partial charge in [-0.05, 0) is 36.2 Å². The molecule has 0 aromatic heterocycles. The van der Waals surface area contributed by atoms with E-state index >= 15 is 0 Å². The number of ether oxygens (including phenoxy) is 2. The van der Waals surface area contributed by atoms with E-state index in [2.05, 4.69) is 20.9 Å². The minimum absolute atomic E-state index is 0.0397. The fraction of sp³-hybridized carbons (Fsp3) is 0.391. The highest BCUT2D eigenvalue weighted by Gasteiger charge is 2.04. The van der Waals surface area contributed by atoms with Crippen molar-refractivity contribution >= 4 is 23.2 Å². The lowest BCUT2D eigenvalue weighted by Gasteiger charge is -2.13. The second kappa shape index (κ2) is 13.2. The highest BCUT2D eigenvalue weighted by Crippen LogP contribution is 2.17. The summed E-state index contributed by atoms with van der Waals surface area (Å²) in [6.07, 6.45) is 2.21. The minimum atomic E-state index is 0.0397. The first kappa shape index (κ1) is 23.2. The number of hydrogen-bond acceptors (Lipinski definition) is 4. The van der Waals surface area contributed by atoms with Gasteiger partial charge in [0.1, 0.15) is 5.75 Å². The number of nitrogens with one attached hydrogen (secondary N) is 3. The number of hydrogen-bond donors (Lipinski definition) is 3. The number of benzene rings is 2. The molecule has 2 aromatic carbocycles. The lowest BCUT2D eigenvalue weighted by atomic mass is 10.2. The molecule has 30 heavy (non-hydrogen) atoms. The van der Waals surface area contributed by atoms with Gasteiger partial charge in [0.15, 0.2) is 5.96 Å². The van der Waals surface area contributed by atoms with Gasteiger partial charge in [-0.2, -0.15) is 0 Å². The topological polar surface area (TPSA) is 84.0 Å². The van der Waals surface area contributed by atoms with Crippen LogP contribution in [0.1, 0.15) is 31.7 Å². The maximum Gasteiger partial charge on any atom is 0.224 e. The van der Waals surface area contributed by atoms with Gasteiger partial charge in [0.25, 0.3) is 0 Å².